The zero-order chi connectivity index (χ0) is 14.5. The molecule has 20 heavy (non-hydrogen) atoms. The summed E-state index contributed by atoms with van der Waals surface area (Å²) in [6, 6.07) is 9.62. The maximum absolute atomic E-state index is 12.3. The van der Waals surface area contributed by atoms with Crippen molar-refractivity contribution in [2.75, 3.05) is 13.1 Å². The molecule has 0 radical (unpaired) electrons. The SMILES string of the molecule is CCN(CC(N)=S)C(=O)c1cnn(-c2ccccc2)c1. The van der Waals surface area contributed by atoms with Crippen molar-refractivity contribution >= 4 is 23.1 Å². The molecular formula is C14H16N4OS. The van der Waals surface area contributed by atoms with E-state index in [1.54, 1.807) is 22.0 Å². The molecule has 0 fully saturated rings. The number of rotatable bonds is 5. The minimum Gasteiger partial charge on any atom is -0.392 e. The number of likely N-dealkylation sites (N-methyl/N-ethyl adjacent to an activating group) is 1. The van der Waals surface area contributed by atoms with E-state index in [-0.39, 0.29) is 12.5 Å². The highest BCUT2D eigenvalue weighted by atomic mass is 32.1. The molecule has 0 saturated carbocycles. The van der Waals surface area contributed by atoms with Crippen molar-refractivity contribution in [3.05, 3.63) is 48.3 Å². The monoisotopic (exact) mass is 288 g/mol. The van der Waals surface area contributed by atoms with Crippen LogP contribution in [-0.4, -0.2) is 38.7 Å². The Morgan fingerprint density at radius 1 is 1.40 bits per heavy atom. The third-order valence-electron chi connectivity index (χ3n) is 2.87. The van der Waals surface area contributed by atoms with Gasteiger partial charge >= 0.3 is 0 Å². The summed E-state index contributed by atoms with van der Waals surface area (Å²) in [5.41, 5.74) is 6.92. The molecule has 2 N–H and O–H groups in total. The molecule has 1 aromatic carbocycles. The summed E-state index contributed by atoms with van der Waals surface area (Å²) in [4.78, 5) is 14.2. The molecule has 1 amide bonds. The van der Waals surface area contributed by atoms with Gasteiger partial charge in [0.05, 0.1) is 29.0 Å². The average molecular weight is 288 g/mol. The second-order valence-electron chi connectivity index (χ2n) is 4.29. The predicted octanol–water partition coefficient (Wildman–Crippen LogP) is 1.62. The van der Waals surface area contributed by atoms with Crippen LogP contribution in [0.15, 0.2) is 42.7 Å². The molecule has 1 heterocycles. The van der Waals surface area contributed by atoms with Gasteiger partial charge in [0.1, 0.15) is 0 Å². The van der Waals surface area contributed by atoms with Crippen molar-refractivity contribution < 1.29 is 4.79 Å². The Labute approximate surface area is 123 Å². The van der Waals surface area contributed by atoms with Gasteiger partial charge in [-0.3, -0.25) is 4.79 Å². The van der Waals surface area contributed by atoms with E-state index in [9.17, 15) is 4.79 Å². The molecular weight excluding hydrogens is 272 g/mol. The van der Waals surface area contributed by atoms with Crippen molar-refractivity contribution in [3.63, 3.8) is 0 Å². The van der Waals surface area contributed by atoms with Gasteiger partial charge in [0, 0.05) is 12.7 Å². The van der Waals surface area contributed by atoms with Gasteiger partial charge in [-0.2, -0.15) is 5.10 Å². The maximum Gasteiger partial charge on any atom is 0.257 e. The van der Waals surface area contributed by atoms with E-state index in [1.165, 1.54) is 0 Å². The molecule has 0 unspecified atom stereocenters. The molecule has 104 valence electrons. The standard InChI is InChI=1S/C14H16N4OS/c1-2-17(10-13(15)20)14(19)11-8-16-18(9-11)12-6-4-3-5-7-12/h3-9H,2,10H2,1H3,(H2,15,20). The summed E-state index contributed by atoms with van der Waals surface area (Å²) < 4.78 is 1.67. The van der Waals surface area contributed by atoms with Gasteiger partial charge in [-0.15, -0.1) is 0 Å². The number of hydrogen-bond acceptors (Lipinski definition) is 3. The molecule has 0 bridgehead atoms. The first-order valence-electron chi connectivity index (χ1n) is 6.29. The van der Waals surface area contributed by atoms with E-state index in [2.05, 4.69) is 5.10 Å². The third-order valence-corrected chi connectivity index (χ3v) is 3.00. The lowest BCUT2D eigenvalue weighted by Gasteiger charge is -2.18. The largest absolute Gasteiger partial charge is 0.392 e. The number of aromatic nitrogens is 2. The number of benzene rings is 1. The second-order valence-corrected chi connectivity index (χ2v) is 4.82. The van der Waals surface area contributed by atoms with Gasteiger partial charge in [0.15, 0.2) is 0 Å². The van der Waals surface area contributed by atoms with E-state index in [0.29, 0.717) is 17.1 Å². The van der Waals surface area contributed by atoms with Crippen LogP contribution in [-0.2, 0) is 0 Å². The first-order valence-corrected chi connectivity index (χ1v) is 6.70. The smallest absolute Gasteiger partial charge is 0.257 e. The van der Waals surface area contributed by atoms with Crippen molar-refractivity contribution in [2.45, 2.75) is 6.92 Å². The Balaban J connectivity index is 2.20. The first-order chi connectivity index (χ1) is 9.61. The van der Waals surface area contributed by atoms with Crippen LogP contribution < -0.4 is 5.73 Å². The van der Waals surface area contributed by atoms with Crippen molar-refractivity contribution in [3.8, 4) is 5.69 Å². The van der Waals surface area contributed by atoms with Crippen LogP contribution >= 0.6 is 12.2 Å². The predicted molar refractivity (Wildman–Crippen MR) is 81.9 cm³/mol. The van der Waals surface area contributed by atoms with Crippen LogP contribution in [0.1, 0.15) is 17.3 Å². The average Bonchev–Trinajstić information content (AvgIpc) is 2.94. The molecule has 0 aliphatic rings. The zero-order valence-electron chi connectivity index (χ0n) is 11.2. The zero-order valence-corrected chi connectivity index (χ0v) is 12.0. The van der Waals surface area contributed by atoms with Gasteiger partial charge in [-0.1, -0.05) is 30.4 Å². The number of carbonyl (C=O) groups is 1. The summed E-state index contributed by atoms with van der Waals surface area (Å²) in [6.07, 6.45) is 3.26. The van der Waals surface area contributed by atoms with Crippen molar-refractivity contribution in [1.82, 2.24) is 14.7 Å². The van der Waals surface area contributed by atoms with Crippen LogP contribution in [0.2, 0.25) is 0 Å². The number of thiocarbonyl (C=S) groups is 1. The van der Waals surface area contributed by atoms with E-state index >= 15 is 0 Å². The Bertz CT molecular complexity index is 609. The Kier molecular flexibility index (Phi) is 4.47. The van der Waals surface area contributed by atoms with Crippen LogP contribution in [0, 0.1) is 0 Å². The quantitative estimate of drug-likeness (QED) is 0.849. The molecule has 2 rings (SSSR count). The summed E-state index contributed by atoms with van der Waals surface area (Å²) in [5, 5.41) is 4.21. The summed E-state index contributed by atoms with van der Waals surface area (Å²) in [6.45, 7) is 2.71. The number of nitrogens with zero attached hydrogens (tertiary/aromatic N) is 3. The number of hydrogen-bond donors (Lipinski definition) is 1. The fraction of sp³-hybridized carbons (Fsp3) is 0.214. The van der Waals surface area contributed by atoms with E-state index in [4.69, 9.17) is 18.0 Å². The minimum atomic E-state index is -0.123. The number of nitrogens with two attached hydrogens (primary N) is 1. The van der Waals surface area contributed by atoms with Gasteiger partial charge in [0.25, 0.3) is 5.91 Å². The highest BCUT2D eigenvalue weighted by Gasteiger charge is 2.16. The van der Waals surface area contributed by atoms with E-state index in [0.717, 1.165) is 5.69 Å². The van der Waals surface area contributed by atoms with Gasteiger partial charge in [-0.05, 0) is 19.1 Å². The Hall–Kier alpha value is -2.21. The topological polar surface area (TPSA) is 64.2 Å². The Morgan fingerprint density at radius 2 is 2.10 bits per heavy atom. The van der Waals surface area contributed by atoms with E-state index < -0.39 is 0 Å². The van der Waals surface area contributed by atoms with Gasteiger partial charge in [0.2, 0.25) is 0 Å². The number of amides is 1. The van der Waals surface area contributed by atoms with Crippen molar-refractivity contribution in [2.24, 2.45) is 5.73 Å². The molecule has 0 atom stereocenters. The molecule has 0 aliphatic carbocycles. The normalized spacial score (nSPS) is 10.2. The molecule has 0 saturated heterocycles. The van der Waals surface area contributed by atoms with Gasteiger partial charge in [-0.25, -0.2) is 4.68 Å². The molecule has 0 aliphatic heterocycles. The minimum absolute atomic E-state index is 0.123. The molecule has 0 spiro atoms. The van der Waals surface area contributed by atoms with Crippen LogP contribution in [0.3, 0.4) is 0 Å². The fourth-order valence-electron chi connectivity index (χ4n) is 1.85. The second kappa shape index (κ2) is 6.29. The lowest BCUT2D eigenvalue weighted by molar-refractivity contribution is 0.0788. The van der Waals surface area contributed by atoms with Crippen LogP contribution in [0.4, 0.5) is 0 Å². The van der Waals surface area contributed by atoms with Crippen LogP contribution in [0.5, 0.6) is 0 Å². The fourth-order valence-corrected chi connectivity index (χ4v) is 2.01. The summed E-state index contributed by atoms with van der Waals surface area (Å²) in [5.74, 6) is -0.123. The van der Waals surface area contributed by atoms with Gasteiger partial charge < -0.3 is 10.6 Å². The number of carbonyl (C=O) groups excluding carboxylic acids is 1. The maximum atomic E-state index is 12.3. The highest BCUT2D eigenvalue weighted by molar-refractivity contribution is 7.80. The lowest BCUT2D eigenvalue weighted by Crippen LogP contribution is -2.37. The summed E-state index contributed by atoms with van der Waals surface area (Å²) >= 11 is 4.85. The molecule has 5 nitrogen and oxygen atoms in total. The van der Waals surface area contributed by atoms with Crippen LogP contribution in [0.25, 0.3) is 5.69 Å². The Morgan fingerprint density at radius 3 is 2.70 bits per heavy atom. The highest BCUT2D eigenvalue weighted by Crippen LogP contribution is 2.09. The summed E-state index contributed by atoms with van der Waals surface area (Å²) in [7, 11) is 0. The molecule has 1 aromatic heterocycles. The van der Waals surface area contributed by atoms with E-state index in [1.807, 2.05) is 37.3 Å². The molecule has 2 aromatic rings. The first kappa shape index (κ1) is 14.2. The third kappa shape index (κ3) is 3.21. The number of para-hydroxylation sites is 1. The lowest BCUT2D eigenvalue weighted by atomic mass is 10.3. The molecule has 6 heteroatoms. The van der Waals surface area contributed by atoms with Crippen molar-refractivity contribution in [1.29, 1.82) is 0 Å².